The van der Waals surface area contributed by atoms with Crippen LogP contribution in [0.15, 0.2) is 48.0 Å². The molecule has 3 nitrogen and oxygen atoms in total. The van der Waals surface area contributed by atoms with E-state index < -0.39 is 0 Å². The molecule has 0 N–H and O–H groups in total. The fraction of sp³-hybridized carbons (Fsp3) is 0.214. The smallest absolute Gasteiger partial charge is 0.261 e. The number of benzene rings is 1. The average Bonchev–Trinajstić information content (AvgIpc) is 2.37. The van der Waals surface area contributed by atoms with Crippen molar-refractivity contribution in [2.75, 3.05) is 19.7 Å². The molecule has 0 aromatic heterocycles. The summed E-state index contributed by atoms with van der Waals surface area (Å²) < 4.78 is 18.7. The van der Waals surface area contributed by atoms with Crippen molar-refractivity contribution >= 4 is 21.8 Å². The maximum absolute atomic E-state index is 12.9. The Bertz CT molecular complexity index is 467. The van der Waals surface area contributed by atoms with Crippen LogP contribution < -0.4 is 4.74 Å². The fourth-order valence-corrected chi connectivity index (χ4v) is 1.88. The molecule has 0 aliphatic heterocycles. The summed E-state index contributed by atoms with van der Waals surface area (Å²) in [5.74, 6) is -0.131. The minimum absolute atomic E-state index is 0.119. The monoisotopic (exact) mass is 327 g/mol. The molecule has 0 fully saturated rings. The molecular weight excluding hydrogens is 313 g/mol. The average molecular weight is 328 g/mol. The van der Waals surface area contributed by atoms with Gasteiger partial charge >= 0.3 is 0 Å². The highest BCUT2D eigenvalue weighted by Gasteiger charge is 2.12. The molecule has 19 heavy (non-hydrogen) atoms. The predicted molar refractivity (Wildman–Crippen MR) is 76.6 cm³/mol. The Balaban J connectivity index is 2.61. The molecule has 0 spiro atoms. The Morgan fingerprint density at radius 1 is 1.37 bits per heavy atom. The number of hydrogen-bond acceptors (Lipinski definition) is 2. The molecule has 0 saturated carbocycles. The van der Waals surface area contributed by atoms with Gasteiger partial charge in [-0.25, -0.2) is 4.39 Å². The minimum atomic E-state index is -0.370. The SMILES string of the molecule is C=CCN(CC=C)C(=O)COc1ccc(F)cc1Br. The first-order valence-electron chi connectivity index (χ1n) is 5.66. The van der Waals surface area contributed by atoms with E-state index in [2.05, 4.69) is 29.1 Å². The third kappa shape index (κ3) is 4.87. The van der Waals surface area contributed by atoms with Gasteiger partial charge in [0.15, 0.2) is 6.61 Å². The van der Waals surface area contributed by atoms with Crippen molar-refractivity contribution in [3.8, 4) is 5.75 Å². The third-order valence-corrected chi connectivity index (χ3v) is 2.92. The minimum Gasteiger partial charge on any atom is -0.483 e. The van der Waals surface area contributed by atoms with E-state index in [9.17, 15) is 9.18 Å². The van der Waals surface area contributed by atoms with Crippen LogP contribution in [0.4, 0.5) is 4.39 Å². The largest absolute Gasteiger partial charge is 0.483 e. The summed E-state index contributed by atoms with van der Waals surface area (Å²) in [7, 11) is 0. The summed E-state index contributed by atoms with van der Waals surface area (Å²) in [6.45, 7) is 7.92. The molecule has 1 amide bonds. The van der Waals surface area contributed by atoms with Crippen molar-refractivity contribution in [2.45, 2.75) is 0 Å². The number of rotatable bonds is 7. The van der Waals surface area contributed by atoms with Crippen molar-refractivity contribution in [3.63, 3.8) is 0 Å². The zero-order valence-electron chi connectivity index (χ0n) is 10.4. The Hall–Kier alpha value is -1.62. The van der Waals surface area contributed by atoms with Crippen LogP contribution >= 0.6 is 15.9 Å². The van der Waals surface area contributed by atoms with Crippen molar-refractivity contribution in [1.82, 2.24) is 4.90 Å². The Morgan fingerprint density at radius 2 is 2.00 bits per heavy atom. The zero-order chi connectivity index (χ0) is 14.3. The van der Waals surface area contributed by atoms with E-state index in [0.29, 0.717) is 23.3 Å². The zero-order valence-corrected chi connectivity index (χ0v) is 12.0. The fourth-order valence-electron chi connectivity index (χ4n) is 1.41. The van der Waals surface area contributed by atoms with Gasteiger partial charge < -0.3 is 9.64 Å². The van der Waals surface area contributed by atoms with Crippen LogP contribution in [0, 0.1) is 5.82 Å². The first kappa shape index (κ1) is 15.4. The normalized spacial score (nSPS) is 9.79. The van der Waals surface area contributed by atoms with Crippen LogP contribution in [0.1, 0.15) is 0 Å². The maximum atomic E-state index is 12.9. The van der Waals surface area contributed by atoms with E-state index in [1.54, 1.807) is 17.1 Å². The summed E-state index contributed by atoms with van der Waals surface area (Å²) in [4.78, 5) is 13.4. The molecule has 0 bridgehead atoms. The second kappa shape index (κ2) is 7.74. The highest BCUT2D eigenvalue weighted by atomic mass is 79.9. The molecule has 0 saturated heterocycles. The number of nitrogens with zero attached hydrogens (tertiary/aromatic N) is 1. The molecule has 0 heterocycles. The summed E-state index contributed by atoms with van der Waals surface area (Å²) in [5.41, 5.74) is 0. The molecule has 0 atom stereocenters. The molecule has 0 aliphatic rings. The summed E-state index contributed by atoms with van der Waals surface area (Å²) >= 11 is 3.17. The van der Waals surface area contributed by atoms with Gasteiger partial charge in [-0.05, 0) is 34.1 Å². The number of halogens is 2. The number of carbonyl (C=O) groups is 1. The molecule has 102 valence electrons. The van der Waals surface area contributed by atoms with Gasteiger partial charge in [0, 0.05) is 13.1 Å². The molecule has 0 unspecified atom stereocenters. The van der Waals surface area contributed by atoms with Crippen LogP contribution in [0.2, 0.25) is 0 Å². The lowest BCUT2D eigenvalue weighted by Gasteiger charge is -2.19. The van der Waals surface area contributed by atoms with E-state index in [1.165, 1.54) is 18.2 Å². The van der Waals surface area contributed by atoms with Crippen LogP contribution in [-0.4, -0.2) is 30.5 Å². The van der Waals surface area contributed by atoms with Crippen LogP contribution in [-0.2, 0) is 4.79 Å². The second-order valence-corrected chi connectivity index (χ2v) is 4.59. The lowest BCUT2D eigenvalue weighted by atomic mass is 10.3. The number of ether oxygens (including phenoxy) is 1. The molecule has 1 aromatic rings. The summed E-state index contributed by atoms with van der Waals surface area (Å²) in [6.07, 6.45) is 3.27. The Morgan fingerprint density at radius 3 is 2.53 bits per heavy atom. The van der Waals surface area contributed by atoms with Crippen molar-refractivity contribution in [2.24, 2.45) is 0 Å². The van der Waals surface area contributed by atoms with Crippen molar-refractivity contribution in [1.29, 1.82) is 0 Å². The van der Waals surface area contributed by atoms with Gasteiger partial charge in [0.2, 0.25) is 0 Å². The number of hydrogen-bond donors (Lipinski definition) is 0. The van der Waals surface area contributed by atoms with Crippen molar-refractivity contribution in [3.05, 3.63) is 53.8 Å². The summed E-state index contributed by atoms with van der Waals surface area (Å²) in [5, 5.41) is 0. The maximum Gasteiger partial charge on any atom is 0.261 e. The van der Waals surface area contributed by atoms with E-state index >= 15 is 0 Å². The lowest BCUT2D eigenvalue weighted by Crippen LogP contribution is -2.35. The highest BCUT2D eigenvalue weighted by molar-refractivity contribution is 9.10. The first-order valence-corrected chi connectivity index (χ1v) is 6.45. The number of carbonyl (C=O) groups excluding carboxylic acids is 1. The second-order valence-electron chi connectivity index (χ2n) is 3.74. The van der Waals surface area contributed by atoms with Gasteiger partial charge in [-0.15, -0.1) is 13.2 Å². The van der Waals surface area contributed by atoms with Gasteiger partial charge in [-0.1, -0.05) is 12.2 Å². The Kier molecular flexibility index (Phi) is 6.29. The quantitative estimate of drug-likeness (QED) is 0.720. The standard InChI is InChI=1S/C14H15BrFNO2/c1-3-7-17(8-4-2)14(18)10-19-13-6-5-11(16)9-12(13)15/h3-6,9H,1-2,7-8,10H2. The van der Waals surface area contributed by atoms with Crippen LogP contribution in [0.25, 0.3) is 0 Å². The first-order chi connectivity index (χ1) is 9.08. The van der Waals surface area contributed by atoms with Crippen molar-refractivity contribution < 1.29 is 13.9 Å². The molecular formula is C14H15BrFNO2. The molecule has 1 rings (SSSR count). The number of amides is 1. The highest BCUT2D eigenvalue weighted by Crippen LogP contribution is 2.25. The Labute approximate surface area is 120 Å². The molecule has 0 radical (unpaired) electrons. The lowest BCUT2D eigenvalue weighted by molar-refractivity contribution is -0.132. The topological polar surface area (TPSA) is 29.5 Å². The van der Waals surface area contributed by atoms with Gasteiger partial charge in [0.25, 0.3) is 5.91 Å². The van der Waals surface area contributed by atoms with E-state index in [0.717, 1.165) is 0 Å². The molecule has 1 aromatic carbocycles. The van der Waals surface area contributed by atoms with Gasteiger partial charge in [-0.2, -0.15) is 0 Å². The predicted octanol–water partition coefficient (Wildman–Crippen LogP) is 3.17. The van der Waals surface area contributed by atoms with E-state index in [-0.39, 0.29) is 18.3 Å². The van der Waals surface area contributed by atoms with Crippen LogP contribution in [0.3, 0.4) is 0 Å². The van der Waals surface area contributed by atoms with E-state index in [1.807, 2.05) is 0 Å². The molecule has 0 aliphatic carbocycles. The van der Waals surface area contributed by atoms with Gasteiger partial charge in [-0.3, -0.25) is 4.79 Å². The molecule has 5 heteroatoms. The summed E-state index contributed by atoms with van der Waals surface area (Å²) in [6, 6.07) is 4.03. The van der Waals surface area contributed by atoms with Crippen LogP contribution in [0.5, 0.6) is 5.75 Å². The van der Waals surface area contributed by atoms with E-state index in [4.69, 9.17) is 4.74 Å². The van der Waals surface area contributed by atoms with Gasteiger partial charge in [0.1, 0.15) is 11.6 Å². The van der Waals surface area contributed by atoms with Gasteiger partial charge in [0.05, 0.1) is 4.47 Å². The third-order valence-electron chi connectivity index (χ3n) is 2.30.